The van der Waals surface area contributed by atoms with Crippen LogP contribution < -0.4 is 0 Å². The maximum atomic E-state index is 12.4. The molecule has 1 amide bonds. The molecule has 20 heavy (non-hydrogen) atoms. The maximum Gasteiger partial charge on any atom is 0.253 e. The predicted octanol–water partition coefficient (Wildman–Crippen LogP) is 4.23. The van der Waals surface area contributed by atoms with Gasteiger partial charge in [0.05, 0.1) is 0 Å². The Balaban J connectivity index is 1.98. The first-order chi connectivity index (χ1) is 9.27. The Kier molecular flexibility index (Phi) is 4.58. The number of carbonyl (C=O) groups excluding carboxylic acids is 1. The first-order valence-electron chi connectivity index (χ1n) is 7.27. The first-order valence-corrected chi connectivity index (χ1v) is 8.19. The summed E-state index contributed by atoms with van der Waals surface area (Å²) in [5.41, 5.74) is 2.18. The van der Waals surface area contributed by atoms with Crippen molar-refractivity contribution in [1.29, 1.82) is 0 Å². The molecule has 0 radical (unpaired) electrons. The van der Waals surface area contributed by atoms with Crippen molar-refractivity contribution in [1.82, 2.24) is 4.90 Å². The van der Waals surface area contributed by atoms with Crippen LogP contribution in [0.4, 0.5) is 0 Å². The van der Waals surface area contributed by atoms with Gasteiger partial charge in [0.2, 0.25) is 0 Å². The highest BCUT2D eigenvalue weighted by Gasteiger charge is 2.29. The zero-order chi connectivity index (χ0) is 14.9. The van der Waals surface area contributed by atoms with Gasteiger partial charge in [-0.1, -0.05) is 48.8 Å². The summed E-state index contributed by atoms with van der Waals surface area (Å²) in [6.07, 6.45) is 2.36. The van der Waals surface area contributed by atoms with Gasteiger partial charge in [-0.05, 0) is 41.9 Å². The van der Waals surface area contributed by atoms with E-state index in [4.69, 9.17) is 0 Å². The number of alkyl halides is 1. The van der Waals surface area contributed by atoms with Crippen molar-refractivity contribution >= 4 is 21.8 Å². The fraction of sp³-hybridized carbons (Fsp3) is 0.588. The van der Waals surface area contributed by atoms with E-state index in [9.17, 15) is 4.79 Å². The summed E-state index contributed by atoms with van der Waals surface area (Å²) < 4.78 is 0. The molecule has 0 unspecified atom stereocenters. The number of benzene rings is 1. The molecule has 0 spiro atoms. The molecule has 110 valence electrons. The van der Waals surface area contributed by atoms with E-state index in [1.807, 2.05) is 24.1 Å². The van der Waals surface area contributed by atoms with E-state index in [2.05, 4.69) is 48.8 Å². The molecule has 0 atom stereocenters. The fourth-order valence-electron chi connectivity index (χ4n) is 2.61. The van der Waals surface area contributed by atoms with Gasteiger partial charge in [-0.25, -0.2) is 0 Å². The van der Waals surface area contributed by atoms with Gasteiger partial charge in [0.1, 0.15) is 0 Å². The van der Waals surface area contributed by atoms with E-state index in [1.54, 1.807) is 0 Å². The van der Waals surface area contributed by atoms with Crippen LogP contribution in [0.15, 0.2) is 24.3 Å². The number of hydrogen-bond donors (Lipinski definition) is 0. The van der Waals surface area contributed by atoms with E-state index in [-0.39, 0.29) is 11.3 Å². The highest BCUT2D eigenvalue weighted by molar-refractivity contribution is 9.09. The van der Waals surface area contributed by atoms with Gasteiger partial charge in [-0.3, -0.25) is 4.79 Å². The third kappa shape index (κ3) is 3.63. The summed E-state index contributed by atoms with van der Waals surface area (Å²) in [6, 6.07) is 8.04. The average Bonchev–Trinajstić information content (AvgIpc) is 2.35. The second kappa shape index (κ2) is 5.88. The predicted molar refractivity (Wildman–Crippen MR) is 87.5 cm³/mol. The van der Waals surface area contributed by atoms with Gasteiger partial charge < -0.3 is 4.90 Å². The van der Waals surface area contributed by atoms with Crippen LogP contribution in [-0.2, 0) is 5.41 Å². The van der Waals surface area contributed by atoms with Crippen LogP contribution in [0.3, 0.4) is 0 Å². The molecule has 0 N–H and O–H groups in total. The molecule has 0 bridgehead atoms. The molecule has 0 saturated heterocycles. The van der Waals surface area contributed by atoms with Crippen molar-refractivity contribution in [3.05, 3.63) is 35.4 Å². The molecule has 1 fully saturated rings. The van der Waals surface area contributed by atoms with Gasteiger partial charge in [0, 0.05) is 24.0 Å². The summed E-state index contributed by atoms with van der Waals surface area (Å²) >= 11 is 3.60. The Morgan fingerprint density at radius 3 is 2.25 bits per heavy atom. The standard InChI is InChI=1S/C17H24BrNO/c1-17(2,3)14-7-5-13(6-8-14)16(20)19(4)11-12-9-15(18)10-12/h5-8,12,15H,9-11H2,1-4H3. The third-order valence-corrected chi connectivity index (χ3v) is 4.80. The molecule has 2 rings (SSSR count). The maximum absolute atomic E-state index is 12.4. The number of nitrogens with zero attached hydrogens (tertiary/aromatic N) is 1. The van der Waals surface area contributed by atoms with Crippen molar-refractivity contribution in [3.8, 4) is 0 Å². The van der Waals surface area contributed by atoms with Crippen LogP contribution >= 0.6 is 15.9 Å². The number of hydrogen-bond acceptors (Lipinski definition) is 1. The molecule has 1 aromatic carbocycles. The average molecular weight is 338 g/mol. The van der Waals surface area contributed by atoms with Crippen molar-refractivity contribution < 1.29 is 4.79 Å². The van der Waals surface area contributed by atoms with Crippen LogP contribution in [-0.4, -0.2) is 29.2 Å². The lowest BCUT2D eigenvalue weighted by molar-refractivity contribution is 0.0748. The SMILES string of the molecule is CN(CC1CC(Br)C1)C(=O)c1ccc(C(C)(C)C)cc1. The molecule has 2 nitrogen and oxygen atoms in total. The van der Waals surface area contributed by atoms with Crippen LogP contribution in [0, 0.1) is 5.92 Å². The normalized spacial score (nSPS) is 22.2. The summed E-state index contributed by atoms with van der Waals surface area (Å²) in [7, 11) is 1.90. The lowest BCUT2D eigenvalue weighted by Gasteiger charge is -2.34. The van der Waals surface area contributed by atoms with E-state index < -0.39 is 0 Å². The van der Waals surface area contributed by atoms with Crippen LogP contribution in [0.5, 0.6) is 0 Å². The van der Waals surface area contributed by atoms with Crippen LogP contribution in [0.25, 0.3) is 0 Å². The zero-order valence-corrected chi connectivity index (χ0v) is 14.4. The number of amides is 1. The zero-order valence-electron chi connectivity index (χ0n) is 12.8. The summed E-state index contributed by atoms with van der Waals surface area (Å²) in [5, 5.41) is 0. The van der Waals surface area contributed by atoms with Gasteiger partial charge >= 0.3 is 0 Å². The molecule has 1 saturated carbocycles. The molecule has 1 aliphatic carbocycles. The number of rotatable bonds is 3. The molecule has 0 heterocycles. The minimum absolute atomic E-state index is 0.128. The number of halogens is 1. The summed E-state index contributed by atoms with van der Waals surface area (Å²) in [6.45, 7) is 7.41. The Labute approximate surface area is 130 Å². The minimum Gasteiger partial charge on any atom is -0.341 e. The Morgan fingerprint density at radius 2 is 1.80 bits per heavy atom. The molecular formula is C17H24BrNO. The second-order valence-electron chi connectivity index (χ2n) is 6.95. The first kappa shape index (κ1) is 15.6. The van der Waals surface area contributed by atoms with Crippen molar-refractivity contribution in [2.75, 3.05) is 13.6 Å². The van der Waals surface area contributed by atoms with Crippen LogP contribution in [0.2, 0.25) is 0 Å². The molecule has 1 aromatic rings. The van der Waals surface area contributed by atoms with Gasteiger partial charge in [0.15, 0.2) is 0 Å². The third-order valence-electron chi connectivity index (χ3n) is 4.05. The molecular weight excluding hydrogens is 314 g/mol. The molecule has 3 heteroatoms. The van der Waals surface area contributed by atoms with Gasteiger partial charge in [0.25, 0.3) is 5.91 Å². The summed E-state index contributed by atoms with van der Waals surface area (Å²) in [4.78, 5) is 14.9. The van der Waals surface area contributed by atoms with Gasteiger partial charge in [-0.2, -0.15) is 0 Å². The van der Waals surface area contributed by atoms with E-state index in [1.165, 1.54) is 18.4 Å². The second-order valence-corrected chi connectivity index (χ2v) is 8.24. The van der Waals surface area contributed by atoms with E-state index in [0.717, 1.165) is 12.1 Å². The van der Waals surface area contributed by atoms with Crippen molar-refractivity contribution in [2.45, 2.75) is 43.9 Å². The Hall–Kier alpha value is -0.830. The highest BCUT2D eigenvalue weighted by Crippen LogP contribution is 2.33. The van der Waals surface area contributed by atoms with Crippen LogP contribution in [0.1, 0.15) is 49.5 Å². The molecule has 0 aliphatic heterocycles. The van der Waals surface area contributed by atoms with E-state index in [0.29, 0.717) is 10.7 Å². The lowest BCUT2D eigenvalue weighted by atomic mass is 9.85. The van der Waals surface area contributed by atoms with Crippen molar-refractivity contribution in [3.63, 3.8) is 0 Å². The monoisotopic (exact) mass is 337 g/mol. The fourth-order valence-corrected chi connectivity index (χ4v) is 3.66. The van der Waals surface area contributed by atoms with Crippen molar-refractivity contribution in [2.24, 2.45) is 5.92 Å². The largest absolute Gasteiger partial charge is 0.341 e. The van der Waals surface area contributed by atoms with E-state index >= 15 is 0 Å². The molecule has 0 aromatic heterocycles. The van der Waals surface area contributed by atoms with Gasteiger partial charge in [-0.15, -0.1) is 0 Å². The Bertz CT molecular complexity index is 469. The smallest absolute Gasteiger partial charge is 0.253 e. The quantitative estimate of drug-likeness (QED) is 0.756. The molecule has 1 aliphatic rings. The topological polar surface area (TPSA) is 20.3 Å². The highest BCUT2D eigenvalue weighted by atomic mass is 79.9. The Morgan fingerprint density at radius 1 is 1.25 bits per heavy atom. The summed E-state index contributed by atoms with van der Waals surface area (Å²) in [5.74, 6) is 0.783. The minimum atomic E-state index is 0.128. The lowest BCUT2D eigenvalue weighted by Crippen LogP contribution is -2.37. The number of carbonyl (C=O) groups is 1.